The van der Waals surface area contributed by atoms with Crippen molar-refractivity contribution in [2.75, 3.05) is 6.61 Å². The Bertz CT molecular complexity index is 828. The molecule has 1 atom stereocenters. The summed E-state index contributed by atoms with van der Waals surface area (Å²) in [5, 5.41) is 0.873. The molecule has 26 heavy (non-hydrogen) atoms. The highest BCUT2D eigenvalue weighted by molar-refractivity contribution is 7.99. The van der Waals surface area contributed by atoms with Crippen LogP contribution in [-0.2, 0) is 0 Å². The van der Waals surface area contributed by atoms with Crippen molar-refractivity contribution in [3.8, 4) is 17.2 Å². The van der Waals surface area contributed by atoms with Crippen molar-refractivity contribution in [1.29, 1.82) is 0 Å². The molecule has 0 amide bonds. The summed E-state index contributed by atoms with van der Waals surface area (Å²) in [6, 6.07) is 11.6. The minimum absolute atomic E-state index is 0.101. The molecule has 0 spiro atoms. The molecule has 0 saturated carbocycles. The van der Waals surface area contributed by atoms with E-state index in [1.54, 1.807) is 42.7 Å². The van der Waals surface area contributed by atoms with Gasteiger partial charge in [-0.2, -0.15) is 0 Å². The first-order valence-electron chi connectivity index (χ1n) is 7.89. The molecule has 0 aliphatic carbocycles. The topological polar surface area (TPSA) is 44.2 Å². The Balaban J connectivity index is 1.52. The monoisotopic (exact) mass is 374 g/mol. The SMILES string of the molecule is CC(COc1ccc(Oc2cc(F)cc(F)c2)cc1)Sc1ncccn1. The molecule has 0 saturated heterocycles. The lowest BCUT2D eigenvalue weighted by atomic mass is 10.3. The number of benzene rings is 2. The van der Waals surface area contributed by atoms with E-state index in [-0.39, 0.29) is 11.0 Å². The molecule has 0 aliphatic heterocycles. The van der Waals surface area contributed by atoms with Crippen LogP contribution >= 0.6 is 11.8 Å². The van der Waals surface area contributed by atoms with Gasteiger partial charge in [0.05, 0.1) is 0 Å². The van der Waals surface area contributed by atoms with E-state index >= 15 is 0 Å². The molecular weight excluding hydrogens is 358 g/mol. The van der Waals surface area contributed by atoms with Crippen LogP contribution in [-0.4, -0.2) is 21.8 Å². The van der Waals surface area contributed by atoms with Crippen LogP contribution in [0.2, 0.25) is 0 Å². The smallest absolute Gasteiger partial charge is 0.187 e. The predicted molar refractivity (Wildman–Crippen MR) is 95.7 cm³/mol. The highest BCUT2D eigenvalue weighted by Crippen LogP contribution is 2.26. The summed E-state index contributed by atoms with van der Waals surface area (Å²) >= 11 is 1.53. The van der Waals surface area contributed by atoms with E-state index in [0.29, 0.717) is 23.3 Å². The van der Waals surface area contributed by atoms with Gasteiger partial charge in [-0.3, -0.25) is 0 Å². The average molecular weight is 374 g/mol. The molecule has 3 rings (SSSR count). The summed E-state index contributed by atoms with van der Waals surface area (Å²) < 4.78 is 37.5. The number of nitrogens with zero attached hydrogens (tertiary/aromatic N) is 2. The van der Waals surface area contributed by atoms with Gasteiger partial charge in [-0.25, -0.2) is 18.7 Å². The summed E-state index contributed by atoms with van der Waals surface area (Å²) in [4.78, 5) is 8.33. The van der Waals surface area contributed by atoms with E-state index in [2.05, 4.69) is 9.97 Å². The number of halogens is 2. The van der Waals surface area contributed by atoms with Crippen molar-refractivity contribution in [2.24, 2.45) is 0 Å². The fourth-order valence-electron chi connectivity index (χ4n) is 2.10. The van der Waals surface area contributed by atoms with E-state index in [1.165, 1.54) is 11.8 Å². The molecule has 134 valence electrons. The Morgan fingerprint density at radius 2 is 1.54 bits per heavy atom. The van der Waals surface area contributed by atoms with Crippen molar-refractivity contribution >= 4 is 11.8 Å². The first kappa shape index (κ1) is 18.1. The summed E-state index contributed by atoms with van der Waals surface area (Å²) in [6.07, 6.45) is 3.40. The van der Waals surface area contributed by atoms with Crippen LogP contribution in [0.25, 0.3) is 0 Å². The van der Waals surface area contributed by atoms with Gasteiger partial charge in [0.2, 0.25) is 0 Å². The van der Waals surface area contributed by atoms with Gasteiger partial charge in [0.25, 0.3) is 0 Å². The van der Waals surface area contributed by atoms with Crippen LogP contribution < -0.4 is 9.47 Å². The van der Waals surface area contributed by atoms with Crippen molar-refractivity contribution in [3.63, 3.8) is 0 Å². The number of thioether (sulfide) groups is 1. The summed E-state index contributed by atoms with van der Waals surface area (Å²) in [6.45, 7) is 2.51. The van der Waals surface area contributed by atoms with Crippen LogP contribution in [0.15, 0.2) is 66.1 Å². The number of ether oxygens (including phenoxy) is 2. The van der Waals surface area contributed by atoms with Gasteiger partial charge in [-0.15, -0.1) is 0 Å². The Kier molecular flexibility index (Phi) is 6.01. The maximum absolute atomic E-state index is 13.2. The van der Waals surface area contributed by atoms with Crippen LogP contribution in [0.3, 0.4) is 0 Å². The molecular formula is C19H16F2N2O2S. The molecule has 4 nitrogen and oxygen atoms in total. The fourth-order valence-corrected chi connectivity index (χ4v) is 2.84. The van der Waals surface area contributed by atoms with Crippen LogP contribution in [0.4, 0.5) is 8.78 Å². The third kappa shape index (κ3) is 5.42. The fraction of sp³-hybridized carbons (Fsp3) is 0.158. The molecule has 1 aromatic heterocycles. The lowest BCUT2D eigenvalue weighted by Gasteiger charge is -2.12. The molecule has 3 aromatic rings. The van der Waals surface area contributed by atoms with E-state index in [4.69, 9.17) is 9.47 Å². The number of hydrogen-bond acceptors (Lipinski definition) is 5. The van der Waals surface area contributed by atoms with Gasteiger partial charge in [0.1, 0.15) is 35.5 Å². The van der Waals surface area contributed by atoms with E-state index < -0.39 is 11.6 Å². The minimum Gasteiger partial charge on any atom is -0.492 e. The highest BCUT2D eigenvalue weighted by atomic mass is 32.2. The molecule has 0 aliphatic rings. The standard InChI is InChI=1S/C19H16F2N2O2S/c1-13(26-19-22-7-2-8-23-19)12-24-16-3-5-17(6-4-16)25-18-10-14(20)9-15(21)11-18/h2-11,13H,12H2,1H3. The van der Waals surface area contributed by atoms with Crippen molar-refractivity contribution in [3.05, 3.63) is 72.6 Å². The van der Waals surface area contributed by atoms with E-state index in [0.717, 1.165) is 18.2 Å². The molecule has 0 N–H and O–H groups in total. The second-order valence-corrected chi connectivity index (χ2v) is 6.86. The van der Waals surface area contributed by atoms with Gasteiger partial charge in [-0.1, -0.05) is 11.8 Å². The molecule has 2 aromatic carbocycles. The second-order valence-electron chi connectivity index (χ2n) is 5.45. The Morgan fingerprint density at radius 3 is 2.19 bits per heavy atom. The summed E-state index contributed by atoms with van der Waals surface area (Å²) in [5.41, 5.74) is 0. The van der Waals surface area contributed by atoms with Gasteiger partial charge in [0, 0.05) is 35.8 Å². The largest absolute Gasteiger partial charge is 0.492 e. The molecule has 1 heterocycles. The molecule has 7 heteroatoms. The van der Waals surface area contributed by atoms with Gasteiger partial charge in [0.15, 0.2) is 5.16 Å². The Labute approximate surface area is 154 Å². The molecule has 0 bridgehead atoms. The van der Waals surface area contributed by atoms with Crippen LogP contribution in [0.5, 0.6) is 17.2 Å². The highest BCUT2D eigenvalue weighted by Gasteiger charge is 2.08. The summed E-state index contributed by atoms with van der Waals surface area (Å²) in [7, 11) is 0. The number of rotatable bonds is 7. The van der Waals surface area contributed by atoms with Crippen molar-refractivity contribution < 1.29 is 18.3 Å². The third-order valence-electron chi connectivity index (χ3n) is 3.23. The zero-order chi connectivity index (χ0) is 18.4. The van der Waals surface area contributed by atoms with E-state index in [9.17, 15) is 8.78 Å². The quantitative estimate of drug-likeness (QED) is 0.425. The third-order valence-corrected chi connectivity index (χ3v) is 4.19. The zero-order valence-corrected chi connectivity index (χ0v) is 14.7. The maximum Gasteiger partial charge on any atom is 0.187 e. The van der Waals surface area contributed by atoms with Gasteiger partial charge < -0.3 is 9.47 Å². The first-order chi connectivity index (χ1) is 12.6. The van der Waals surface area contributed by atoms with Gasteiger partial charge in [-0.05, 0) is 37.3 Å². The van der Waals surface area contributed by atoms with Gasteiger partial charge >= 0.3 is 0 Å². The van der Waals surface area contributed by atoms with Crippen molar-refractivity contribution in [2.45, 2.75) is 17.3 Å². The average Bonchev–Trinajstić information content (AvgIpc) is 2.61. The Morgan fingerprint density at radius 1 is 0.923 bits per heavy atom. The van der Waals surface area contributed by atoms with Crippen molar-refractivity contribution in [1.82, 2.24) is 9.97 Å². The molecule has 1 unspecified atom stereocenters. The van der Waals surface area contributed by atoms with Crippen LogP contribution in [0, 0.1) is 11.6 Å². The zero-order valence-electron chi connectivity index (χ0n) is 13.9. The lowest BCUT2D eigenvalue weighted by Crippen LogP contribution is -2.10. The molecule has 0 fully saturated rings. The maximum atomic E-state index is 13.2. The summed E-state index contributed by atoms with van der Waals surface area (Å²) in [5.74, 6) is -0.140. The second kappa shape index (κ2) is 8.62. The first-order valence-corrected chi connectivity index (χ1v) is 8.77. The van der Waals surface area contributed by atoms with E-state index in [1.807, 2.05) is 6.92 Å². The number of aromatic nitrogens is 2. The lowest BCUT2D eigenvalue weighted by molar-refractivity contribution is 0.321. The Hall–Kier alpha value is -2.67. The van der Waals surface area contributed by atoms with Crippen LogP contribution in [0.1, 0.15) is 6.92 Å². The normalized spacial score (nSPS) is 11.8. The molecule has 0 radical (unpaired) electrons. The minimum atomic E-state index is -0.686. The predicted octanol–water partition coefficient (Wildman–Crippen LogP) is 5.11. The number of hydrogen-bond donors (Lipinski definition) is 0.